The first-order valence-corrected chi connectivity index (χ1v) is 20.0. The van der Waals surface area contributed by atoms with E-state index in [1.807, 2.05) is 0 Å². The molecule has 13 aromatic rings. The summed E-state index contributed by atoms with van der Waals surface area (Å²) in [6, 6.07) is 69.1. The van der Waals surface area contributed by atoms with E-state index in [9.17, 15) is 0 Å². The number of para-hydroxylation sites is 2. The van der Waals surface area contributed by atoms with E-state index in [-0.39, 0.29) is 0 Å². The van der Waals surface area contributed by atoms with Crippen molar-refractivity contribution < 1.29 is 4.42 Å². The minimum Gasteiger partial charge on any atom is -0.437 e. The van der Waals surface area contributed by atoms with Crippen LogP contribution in [-0.2, 0) is 0 Å². The highest BCUT2D eigenvalue weighted by Crippen LogP contribution is 2.43. The highest BCUT2D eigenvalue weighted by atomic mass is 16.3. The van der Waals surface area contributed by atoms with Crippen LogP contribution in [0.5, 0.6) is 0 Å². The Morgan fingerprint density at radius 3 is 1.86 bits per heavy atom. The molecule has 9 aromatic carbocycles. The van der Waals surface area contributed by atoms with Crippen LogP contribution in [-0.4, -0.2) is 19.1 Å². The Labute approximate surface area is 337 Å². The Balaban J connectivity index is 1.15. The predicted octanol–water partition coefficient (Wildman–Crippen LogP) is 14.2. The molecule has 0 bridgehead atoms. The number of nitrogens with zero attached hydrogens (tertiary/aromatic N) is 4. The molecule has 0 aliphatic rings. The molecule has 13 rings (SSSR count). The molecule has 274 valence electrons. The van der Waals surface area contributed by atoms with E-state index in [4.69, 9.17) is 14.4 Å². The van der Waals surface area contributed by atoms with Gasteiger partial charge in [-0.25, -0.2) is 4.98 Å². The third-order valence-electron chi connectivity index (χ3n) is 12.1. The first kappa shape index (κ1) is 32.1. The monoisotopic (exact) mass is 752 g/mol. The summed E-state index contributed by atoms with van der Waals surface area (Å²) >= 11 is 0. The molecule has 59 heavy (non-hydrogen) atoms. The van der Waals surface area contributed by atoms with Crippen molar-refractivity contribution >= 4 is 87.2 Å². The molecule has 0 radical (unpaired) electrons. The highest BCUT2D eigenvalue weighted by molar-refractivity contribution is 6.24. The van der Waals surface area contributed by atoms with E-state index in [1.54, 1.807) is 0 Å². The van der Waals surface area contributed by atoms with Gasteiger partial charge in [0.05, 0.1) is 27.5 Å². The average molecular weight is 753 g/mol. The molecular formula is C54H32N4O. The van der Waals surface area contributed by atoms with Gasteiger partial charge in [0.25, 0.3) is 0 Å². The molecule has 0 aliphatic heterocycles. The van der Waals surface area contributed by atoms with E-state index in [1.165, 1.54) is 37.7 Å². The topological polar surface area (TPSA) is 48.8 Å². The summed E-state index contributed by atoms with van der Waals surface area (Å²) in [7, 11) is 0. The second-order valence-corrected chi connectivity index (χ2v) is 15.4. The van der Waals surface area contributed by atoms with Gasteiger partial charge in [0, 0.05) is 38.2 Å². The smallest absolute Gasteiger partial charge is 0.233 e. The fourth-order valence-electron chi connectivity index (χ4n) is 9.43. The molecule has 0 saturated heterocycles. The largest absolute Gasteiger partial charge is 0.437 e. The van der Waals surface area contributed by atoms with Gasteiger partial charge in [-0.15, -0.1) is 0 Å². The Morgan fingerprint density at radius 1 is 0.356 bits per heavy atom. The Hall–Kier alpha value is -8.02. The van der Waals surface area contributed by atoms with Crippen molar-refractivity contribution in [2.45, 2.75) is 0 Å². The van der Waals surface area contributed by atoms with E-state index in [0.29, 0.717) is 11.5 Å². The van der Waals surface area contributed by atoms with Crippen molar-refractivity contribution in [3.63, 3.8) is 0 Å². The van der Waals surface area contributed by atoms with Crippen molar-refractivity contribution in [3.8, 4) is 34.0 Å². The Bertz CT molecular complexity index is 3840. The van der Waals surface area contributed by atoms with Crippen LogP contribution < -0.4 is 0 Å². The first-order chi connectivity index (χ1) is 29.2. The van der Waals surface area contributed by atoms with Crippen LogP contribution >= 0.6 is 0 Å². The lowest BCUT2D eigenvalue weighted by molar-refractivity contribution is 0.653. The molecular weight excluding hydrogens is 721 g/mol. The molecule has 0 unspecified atom stereocenters. The molecule has 0 amide bonds. The summed E-state index contributed by atoms with van der Waals surface area (Å²) in [5, 5.41) is 11.3. The van der Waals surface area contributed by atoms with Crippen LogP contribution in [0.25, 0.3) is 121 Å². The number of benzene rings is 9. The molecule has 4 aromatic heterocycles. The average Bonchev–Trinajstić information content (AvgIpc) is 3.95. The molecule has 0 fully saturated rings. The Morgan fingerprint density at radius 2 is 1.02 bits per heavy atom. The van der Waals surface area contributed by atoms with Crippen LogP contribution in [0.15, 0.2) is 199 Å². The lowest BCUT2D eigenvalue weighted by Crippen LogP contribution is -2.02. The van der Waals surface area contributed by atoms with Gasteiger partial charge in [0.2, 0.25) is 5.71 Å². The summed E-state index contributed by atoms with van der Waals surface area (Å²) in [4.78, 5) is 10.9. The summed E-state index contributed by atoms with van der Waals surface area (Å²) < 4.78 is 11.4. The van der Waals surface area contributed by atoms with Gasteiger partial charge in [-0.2, -0.15) is 4.98 Å². The summed E-state index contributed by atoms with van der Waals surface area (Å²) in [5.41, 5.74) is 10.0. The van der Waals surface area contributed by atoms with Gasteiger partial charge in [0.15, 0.2) is 11.6 Å². The normalized spacial score (nSPS) is 12.1. The van der Waals surface area contributed by atoms with E-state index in [2.05, 4.69) is 203 Å². The zero-order valence-electron chi connectivity index (χ0n) is 31.7. The van der Waals surface area contributed by atoms with Gasteiger partial charge >= 0.3 is 0 Å². The summed E-state index contributed by atoms with van der Waals surface area (Å²) in [6.07, 6.45) is 0. The highest BCUT2D eigenvalue weighted by Gasteiger charge is 2.24. The van der Waals surface area contributed by atoms with Crippen molar-refractivity contribution in [1.82, 2.24) is 19.1 Å². The third kappa shape index (κ3) is 4.73. The quantitative estimate of drug-likeness (QED) is 0.180. The zero-order valence-corrected chi connectivity index (χ0v) is 31.7. The maximum atomic E-state index is 6.76. The first-order valence-electron chi connectivity index (χ1n) is 20.0. The SMILES string of the molecule is c1ccc(-c2ccc3oc4nc(-c5ccc6c(c5)c5ccccc5n6-c5ccccc5)nc(-n5c6cc7ccccc7cc6c6c7ccccc7ccc65)c4c3c2)cc1. The van der Waals surface area contributed by atoms with E-state index >= 15 is 0 Å². The fourth-order valence-corrected chi connectivity index (χ4v) is 9.43. The summed E-state index contributed by atoms with van der Waals surface area (Å²) in [6.45, 7) is 0. The van der Waals surface area contributed by atoms with E-state index < -0.39 is 0 Å². The molecule has 5 heteroatoms. The van der Waals surface area contributed by atoms with Crippen LogP contribution in [0.3, 0.4) is 0 Å². The Kier molecular flexibility index (Phi) is 6.66. The second-order valence-electron chi connectivity index (χ2n) is 15.4. The maximum Gasteiger partial charge on any atom is 0.233 e. The van der Waals surface area contributed by atoms with Gasteiger partial charge in [-0.1, -0.05) is 127 Å². The molecule has 0 spiro atoms. The number of hydrogen-bond donors (Lipinski definition) is 0. The zero-order chi connectivity index (χ0) is 38.6. The van der Waals surface area contributed by atoms with Crippen LogP contribution in [0.2, 0.25) is 0 Å². The molecule has 0 atom stereocenters. The lowest BCUT2D eigenvalue weighted by atomic mass is 10.0. The van der Waals surface area contributed by atoms with E-state index in [0.717, 1.165) is 72.0 Å². The minimum atomic E-state index is 0.550. The van der Waals surface area contributed by atoms with Crippen molar-refractivity contribution in [2.24, 2.45) is 0 Å². The van der Waals surface area contributed by atoms with Crippen LogP contribution in [0.1, 0.15) is 0 Å². The number of fused-ring (bicyclic) bond motifs is 12. The van der Waals surface area contributed by atoms with Gasteiger partial charge in [-0.05, 0) is 99.4 Å². The summed E-state index contributed by atoms with van der Waals surface area (Å²) in [5.74, 6) is 1.39. The fraction of sp³-hybridized carbons (Fsp3) is 0. The number of hydrogen-bond acceptors (Lipinski definition) is 3. The maximum absolute atomic E-state index is 6.76. The molecule has 0 aliphatic carbocycles. The molecule has 4 heterocycles. The minimum absolute atomic E-state index is 0.550. The third-order valence-corrected chi connectivity index (χ3v) is 12.1. The second kappa shape index (κ2) is 12.2. The lowest BCUT2D eigenvalue weighted by Gasteiger charge is -2.12. The number of furan rings is 1. The van der Waals surface area contributed by atoms with Gasteiger partial charge < -0.3 is 8.98 Å². The molecule has 5 nitrogen and oxygen atoms in total. The standard InChI is InChI=1S/C54H32N4O/c1-3-13-33(14-4-1)37-25-28-49-44(30-37)51-53(58-47-27-23-34-15-9-10-20-40(34)50(47)43-29-35-16-7-8-17-36(35)32-48(43)58)55-52(56-54(51)59-49)38-24-26-46-42(31-38)41-21-11-12-22-45(41)57(46)39-18-5-2-6-19-39/h1-32H. The molecule has 0 N–H and O–H groups in total. The van der Waals surface area contributed by atoms with Crippen LogP contribution in [0.4, 0.5) is 0 Å². The van der Waals surface area contributed by atoms with Crippen molar-refractivity contribution in [3.05, 3.63) is 194 Å². The van der Waals surface area contributed by atoms with Crippen molar-refractivity contribution in [1.29, 1.82) is 0 Å². The number of aromatic nitrogens is 4. The predicted molar refractivity (Wildman–Crippen MR) is 244 cm³/mol. The van der Waals surface area contributed by atoms with Gasteiger partial charge in [0.1, 0.15) is 5.58 Å². The molecule has 0 saturated carbocycles. The van der Waals surface area contributed by atoms with Crippen molar-refractivity contribution in [2.75, 3.05) is 0 Å². The number of rotatable bonds is 4. The van der Waals surface area contributed by atoms with Crippen LogP contribution in [0, 0.1) is 0 Å². The van der Waals surface area contributed by atoms with Gasteiger partial charge in [-0.3, -0.25) is 4.57 Å².